The zero-order valence-electron chi connectivity index (χ0n) is 12.3. The van der Waals surface area contributed by atoms with Gasteiger partial charge in [0.1, 0.15) is 0 Å². The molecule has 0 bridgehead atoms. The minimum atomic E-state index is 0.761. The predicted molar refractivity (Wildman–Crippen MR) is 78.2 cm³/mol. The van der Waals surface area contributed by atoms with Gasteiger partial charge in [0.05, 0.1) is 0 Å². The van der Waals surface area contributed by atoms with Gasteiger partial charge in [0.25, 0.3) is 0 Å². The molecule has 0 aromatic rings. The minimum Gasteiger partial charge on any atom is -0.0996 e. The second kappa shape index (κ2) is 7.95. The minimum absolute atomic E-state index is 0.761. The third-order valence-electron chi connectivity index (χ3n) is 4.75. The summed E-state index contributed by atoms with van der Waals surface area (Å²) in [4.78, 5) is 0. The standard InChI is InChI=1S/C17H32/c1-5-7-11-16-12-8-9-13-17(16)15(4)14(3)10-6-2/h15-17H,3,5-13H2,1-2,4H3. The van der Waals surface area contributed by atoms with Crippen LogP contribution >= 0.6 is 0 Å². The lowest BCUT2D eigenvalue weighted by molar-refractivity contribution is 0.174. The molecule has 0 aromatic carbocycles. The molecule has 0 N–H and O–H groups in total. The molecule has 0 saturated heterocycles. The second-order valence-corrected chi connectivity index (χ2v) is 6.05. The zero-order valence-corrected chi connectivity index (χ0v) is 12.3. The van der Waals surface area contributed by atoms with Gasteiger partial charge in [0, 0.05) is 0 Å². The topological polar surface area (TPSA) is 0 Å². The number of hydrogen-bond donors (Lipinski definition) is 0. The molecule has 0 nitrogen and oxygen atoms in total. The second-order valence-electron chi connectivity index (χ2n) is 6.05. The van der Waals surface area contributed by atoms with Crippen LogP contribution in [0.3, 0.4) is 0 Å². The van der Waals surface area contributed by atoms with E-state index in [1.807, 2.05) is 0 Å². The zero-order chi connectivity index (χ0) is 12.7. The molecule has 1 aliphatic carbocycles. The van der Waals surface area contributed by atoms with Gasteiger partial charge in [-0.25, -0.2) is 0 Å². The number of allylic oxidation sites excluding steroid dienone is 1. The molecular formula is C17H32. The fourth-order valence-electron chi connectivity index (χ4n) is 3.57. The third-order valence-corrected chi connectivity index (χ3v) is 4.75. The van der Waals surface area contributed by atoms with Crippen LogP contribution in [0.5, 0.6) is 0 Å². The molecule has 0 heteroatoms. The van der Waals surface area contributed by atoms with Crippen molar-refractivity contribution in [1.82, 2.24) is 0 Å². The summed E-state index contributed by atoms with van der Waals surface area (Å²) in [6, 6.07) is 0. The van der Waals surface area contributed by atoms with Gasteiger partial charge in [-0.2, -0.15) is 0 Å². The summed E-state index contributed by atoms with van der Waals surface area (Å²) in [5.74, 6) is 2.69. The fourth-order valence-corrected chi connectivity index (χ4v) is 3.57. The molecule has 17 heavy (non-hydrogen) atoms. The summed E-state index contributed by atoms with van der Waals surface area (Å²) in [7, 11) is 0. The average Bonchev–Trinajstić information content (AvgIpc) is 2.36. The van der Waals surface area contributed by atoms with E-state index in [4.69, 9.17) is 0 Å². The number of rotatable bonds is 7. The quantitative estimate of drug-likeness (QED) is 0.477. The lowest BCUT2D eigenvalue weighted by Gasteiger charge is -2.37. The highest BCUT2D eigenvalue weighted by molar-refractivity contribution is 5.02. The van der Waals surface area contributed by atoms with Crippen LogP contribution < -0.4 is 0 Å². The summed E-state index contributed by atoms with van der Waals surface area (Å²) in [6.45, 7) is 11.4. The Bertz CT molecular complexity index is 216. The van der Waals surface area contributed by atoms with Crippen molar-refractivity contribution in [2.45, 2.75) is 78.6 Å². The molecule has 1 saturated carbocycles. The average molecular weight is 236 g/mol. The van der Waals surface area contributed by atoms with E-state index in [2.05, 4.69) is 27.4 Å². The van der Waals surface area contributed by atoms with E-state index in [1.165, 1.54) is 63.4 Å². The van der Waals surface area contributed by atoms with Crippen molar-refractivity contribution in [1.29, 1.82) is 0 Å². The van der Waals surface area contributed by atoms with Gasteiger partial charge in [0.2, 0.25) is 0 Å². The smallest absolute Gasteiger partial charge is 0.0203 e. The van der Waals surface area contributed by atoms with Crippen LogP contribution in [0.2, 0.25) is 0 Å². The Morgan fingerprint density at radius 1 is 1.18 bits per heavy atom. The molecule has 1 fully saturated rings. The van der Waals surface area contributed by atoms with Crippen LogP contribution in [-0.4, -0.2) is 0 Å². The summed E-state index contributed by atoms with van der Waals surface area (Å²) in [5, 5.41) is 0. The summed E-state index contributed by atoms with van der Waals surface area (Å²) < 4.78 is 0. The van der Waals surface area contributed by atoms with Gasteiger partial charge in [-0.1, -0.05) is 77.9 Å². The Morgan fingerprint density at radius 3 is 2.53 bits per heavy atom. The molecule has 3 atom stereocenters. The van der Waals surface area contributed by atoms with Gasteiger partial charge in [-0.05, 0) is 30.6 Å². The molecular weight excluding hydrogens is 204 g/mol. The van der Waals surface area contributed by atoms with Crippen molar-refractivity contribution in [2.24, 2.45) is 17.8 Å². The highest BCUT2D eigenvalue weighted by Gasteiger charge is 2.29. The first-order valence-electron chi connectivity index (χ1n) is 7.88. The Balaban J connectivity index is 2.53. The summed E-state index contributed by atoms with van der Waals surface area (Å²) in [6.07, 6.45) is 12.6. The van der Waals surface area contributed by atoms with Gasteiger partial charge in [-0.15, -0.1) is 0 Å². The van der Waals surface area contributed by atoms with E-state index in [0.29, 0.717) is 0 Å². The molecule has 0 amide bonds. The molecule has 0 heterocycles. The highest BCUT2D eigenvalue weighted by atomic mass is 14.3. The lowest BCUT2D eigenvalue weighted by Crippen LogP contribution is -2.26. The summed E-state index contributed by atoms with van der Waals surface area (Å²) >= 11 is 0. The van der Waals surface area contributed by atoms with Crippen molar-refractivity contribution in [3.05, 3.63) is 12.2 Å². The van der Waals surface area contributed by atoms with Gasteiger partial charge in [0.15, 0.2) is 0 Å². The summed E-state index contributed by atoms with van der Waals surface area (Å²) in [5.41, 5.74) is 1.51. The third kappa shape index (κ3) is 4.48. The molecule has 100 valence electrons. The van der Waals surface area contributed by atoms with Gasteiger partial charge >= 0.3 is 0 Å². The van der Waals surface area contributed by atoms with Crippen molar-refractivity contribution in [2.75, 3.05) is 0 Å². The van der Waals surface area contributed by atoms with Crippen LogP contribution in [0.4, 0.5) is 0 Å². The van der Waals surface area contributed by atoms with Crippen LogP contribution in [0.1, 0.15) is 78.6 Å². The monoisotopic (exact) mass is 236 g/mol. The van der Waals surface area contributed by atoms with Gasteiger partial charge in [-0.3, -0.25) is 0 Å². The molecule has 0 aromatic heterocycles. The maximum Gasteiger partial charge on any atom is -0.0203 e. The van der Waals surface area contributed by atoms with E-state index in [1.54, 1.807) is 0 Å². The van der Waals surface area contributed by atoms with E-state index >= 15 is 0 Å². The fraction of sp³-hybridized carbons (Fsp3) is 0.882. The van der Waals surface area contributed by atoms with Crippen LogP contribution in [0, 0.1) is 17.8 Å². The van der Waals surface area contributed by atoms with E-state index in [9.17, 15) is 0 Å². The maximum atomic E-state index is 4.33. The Kier molecular flexibility index (Phi) is 6.92. The maximum absolute atomic E-state index is 4.33. The van der Waals surface area contributed by atoms with E-state index in [0.717, 1.165) is 17.8 Å². The van der Waals surface area contributed by atoms with Crippen molar-refractivity contribution in [3.8, 4) is 0 Å². The molecule has 3 unspecified atom stereocenters. The lowest BCUT2D eigenvalue weighted by atomic mass is 9.69. The van der Waals surface area contributed by atoms with Crippen LogP contribution in [0.15, 0.2) is 12.2 Å². The highest BCUT2D eigenvalue weighted by Crippen LogP contribution is 2.40. The van der Waals surface area contributed by atoms with Crippen molar-refractivity contribution in [3.63, 3.8) is 0 Å². The van der Waals surface area contributed by atoms with Crippen LogP contribution in [0.25, 0.3) is 0 Å². The molecule has 1 aliphatic rings. The normalized spacial score (nSPS) is 26.8. The van der Waals surface area contributed by atoms with Gasteiger partial charge < -0.3 is 0 Å². The first-order valence-corrected chi connectivity index (χ1v) is 7.88. The number of unbranched alkanes of at least 4 members (excludes halogenated alkanes) is 1. The van der Waals surface area contributed by atoms with E-state index < -0.39 is 0 Å². The Hall–Kier alpha value is -0.260. The Morgan fingerprint density at radius 2 is 1.88 bits per heavy atom. The molecule has 0 aliphatic heterocycles. The predicted octanol–water partition coefficient (Wildman–Crippen LogP) is 5.98. The first kappa shape index (κ1) is 14.8. The molecule has 1 rings (SSSR count). The molecule has 0 spiro atoms. The number of hydrogen-bond acceptors (Lipinski definition) is 0. The molecule has 0 radical (unpaired) electrons. The van der Waals surface area contributed by atoms with Crippen molar-refractivity contribution >= 4 is 0 Å². The van der Waals surface area contributed by atoms with E-state index in [-0.39, 0.29) is 0 Å². The Labute approximate surface area is 109 Å². The first-order chi connectivity index (χ1) is 8.20. The SMILES string of the molecule is C=C(CCC)C(C)C1CCCCC1CCCC. The largest absolute Gasteiger partial charge is 0.0996 e. The van der Waals surface area contributed by atoms with Crippen LogP contribution in [-0.2, 0) is 0 Å². The van der Waals surface area contributed by atoms with Crippen molar-refractivity contribution < 1.29 is 0 Å².